The molecular weight excluding hydrogens is 204 g/mol. The number of aromatic hydroxyl groups is 1. The van der Waals surface area contributed by atoms with Crippen molar-refractivity contribution >= 4 is 5.91 Å². The molecule has 86 valence electrons. The molecule has 4 nitrogen and oxygen atoms in total. The zero-order valence-electron chi connectivity index (χ0n) is 9.07. The van der Waals surface area contributed by atoms with Gasteiger partial charge in [0.2, 0.25) is 5.91 Å². The Kier molecular flexibility index (Phi) is 3.10. The minimum Gasteiger partial charge on any atom is -0.508 e. The fraction of sp³-hybridized carbons (Fsp3) is 0.417. The number of carbonyl (C=O) groups is 1. The molecule has 0 saturated heterocycles. The van der Waals surface area contributed by atoms with Gasteiger partial charge in [0, 0.05) is 6.04 Å². The third-order valence-corrected chi connectivity index (χ3v) is 2.97. The number of hydrogen-bond donors (Lipinski definition) is 3. The Labute approximate surface area is 94.5 Å². The summed E-state index contributed by atoms with van der Waals surface area (Å²) in [4.78, 5) is 10.7. The van der Waals surface area contributed by atoms with Gasteiger partial charge >= 0.3 is 0 Å². The van der Waals surface area contributed by atoms with Crippen LogP contribution in [-0.2, 0) is 11.2 Å². The van der Waals surface area contributed by atoms with E-state index in [0.29, 0.717) is 0 Å². The van der Waals surface area contributed by atoms with Gasteiger partial charge in [-0.25, -0.2) is 0 Å². The Morgan fingerprint density at radius 1 is 1.56 bits per heavy atom. The molecule has 1 amide bonds. The van der Waals surface area contributed by atoms with E-state index in [1.54, 1.807) is 12.1 Å². The molecule has 0 aromatic heterocycles. The first-order valence-corrected chi connectivity index (χ1v) is 5.50. The molecule has 1 aliphatic rings. The highest BCUT2D eigenvalue weighted by atomic mass is 16.3. The van der Waals surface area contributed by atoms with Crippen LogP contribution in [0.4, 0.5) is 0 Å². The zero-order valence-corrected chi connectivity index (χ0v) is 9.07. The van der Waals surface area contributed by atoms with Gasteiger partial charge in [-0.1, -0.05) is 6.07 Å². The Morgan fingerprint density at radius 3 is 3.12 bits per heavy atom. The van der Waals surface area contributed by atoms with Crippen LogP contribution in [0.3, 0.4) is 0 Å². The average Bonchev–Trinajstić information content (AvgIpc) is 2.26. The fourth-order valence-corrected chi connectivity index (χ4v) is 2.22. The molecule has 0 fully saturated rings. The molecule has 4 N–H and O–H groups in total. The normalized spacial score (nSPS) is 19.1. The number of aryl methyl sites for hydroxylation is 1. The lowest BCUT2D eigenvalue weighted by molar-refractivity contribution is -0.117. The van der Waals surface area contributed by atoms with Crippen LogP contribution in [0.2, 0.25) is 0 Å². The summed E-state index contributed by atoms with van der Waals surface area (Å²) < 4.78 is 0. The molecule has 1 unspecified atom stereocenters. The van der Waals surface area contributed by atoms with E-state index < -0.39 is 0 Å². The second-order valence-electron chi connectivity index (χ2n) is 4.18. The number of primary amides is 1. The van der Waals surface area contributed by atoms with Gasteiger partial charge in [-0.2, -0.15) is 0 Å². The van der Waals surface area contributed by atoms with Gasteiger partial charge in [-0.3, -0.25) is 4.79 Å². The lowest BCUT2D eigenvalue weighted by atomic mass is 9.87. The molecule has 0 heterocycles. The highest BCUT2D eigenvalue weighted by Crippen LogP contribution is 2.31. The van der Waals surface area contributed by atoms with Gasteiger partial charge in [0.05, 0.1) is 6.54 Å². The number of nitrogens with two attached hydrogens (primary N) is 1. The van der Waals surface area contributed by atoms with Gasteiger partial charge in [0.1, 0.15) is 5.75 Å². The number of phenolic OH excluding ortho intramolecular Hbond substituents is 1. The Balaban J connectivity index is 2.18. The molecule has 1 aromatic carbocycles. The molecule has 16 heavy (non-hydrogen) atoms. The molecule has 1 atom stereocenters. The topological polar surface area (TPSA) is 75.4 Å². The standard InChI is InChI=1S/C12H16N2O2/c13-12(16)7-14-11-3-1-2-8-4-5-9(15)6-10(8)11/h4-6,11,14-15H,1-3,7H2,(H2,13,16). The maximum Gasteiger partial charge on any atom is 0.231 e. The lowest BCUT2D eigenvalue weighted by Gasteiger charge is -2.26. The predicted octanol–water partition coefficient (Wildman–Crippen LogP) is 0.844. The number of nitrogens with one attached hydrogen (secondary N) is 1. The van der Waals surface area contributed by atoms with Gasteiger partial charge in [-0.05, 0) is 42.5 Å². The van der Waals surface area contributed by atoms with E-state index in [1.165, 1.54) is 5.56 Å². The van der Waals surface area contributed by atoms with Gasteiger partial charge < -0.3 is 16.2 Å². The summed E-state index contributed by atoms with van der Waals surface area (Å²) in [6.07, 6.45) is 3.10. The fourth-order valence-electron chi connectivity index (χ4n) is 2.22. The summed E-state index contributed by atoms with van der Waals surface area (Å²) in [7, 11) is 0. The minimum absolute atomic E-state index is 0.128. The molecule has 4 heteroatoms. The Hall–Kier alpha value is -1.55. The van der Waals surface area contributed by atoms with Crippen molar-refractivity contribution in [1.82, 2.24) is 5.32 Å². The zero-order chi connectivity index (χ0) is 11.5. The number of phenols is 1. The number of hydrogen-bond acceptors (Lipinski definition) is 3. The number of rotatable bonds is 3. The van der Waals surface area contributed by atoms with Crippen molar-refractivity contribution in [3.8, 4) is 5.75 Å². The summed E-state index contributed by atoms with van der Waals surface area (Å²) in [5, 5.41) is 12.6. The number of fused-ring (bicyclic) bond motifs is 1. The van der Waals surface area contributed by atoms with Crippen LogP contribution in [-0.4, -0.2) is 17.6 Å². The molecular formula is C12H16N2O2. The van der Waals surface area contributed by atoms with Gasteiger partial charge in [0.15, 0.2) is 0 Å². The van der Waals surface area contributed by atoms with Crippen LogP contribution in [0.1, 0.15) is 30.0 Å². The van der Waals surface area contributed by atoms with Crippen LogP contribution in [0.5, 0.6) is 5.75 Å². The van der Waals surface area contributed by atoms with E-state index in [-0.39, 0.29) is 24.2 Å². The maximum atomic E-state index is 10.7. The summed E-state index contributed by atoms with van der Waals surface area (Å²) in [5.41, 5.74) is 7.44. The SMILES string of the molecule is NC(=O)CNC1CCCc2ccc(O)cc21. The Morgan fingerprint density at radius 2 is 2.38 bits per heavy atom. The van der Waals surface area contributed by atoms with Crippen molar-refractivity contribution < 1.29 is 9.90 Å². The first-order valence-electron chi connectivity index (χ1n) is 5.50. The van der Waals surface area contributed by atoms with Crippen LogP contribution < -0.4 is 11.1 Å². The molecule has 0 spiro atoms. The van der Waals surface area contributed by atoms with E-state index >= 15 is 0 Å². The molecule has 0 aliphatic heterocycles. The number of amides is 1. The third kappa shape index (κ3) is 2.33. The smallest absolute Gasteiger partial charge is 0.231 e. The monoisotopic (exact) mass is 220 g/mol. The van der Waals surface area contributed by atoms with Crippen molar-refractivity contribution in [3.63, 3.8) is 0 Å². The number of benzene rings is 1. The van der Waals surface area contributed by atoms with Gasteiger partial charge in [-0.15, -0.1) is 0 Å². The molecule has 0 saturated carbocycles. The van der Waals surface area contributed by atoms with Crippen LogP contribution >= 0.6 is 0 Å². The minimum atomic E-state index is -0.354. The molecule has 0 bridgehead atoms. The second kappa shape index (κ2) is 4.53. The summed E-state index contributed by atoms with van der Waals surface area (Å²) in [5.74, 6) is -0.0844. The summed E-state index contributed by atoms with van der Waals surface area (Å²) >= 11 is 0. The molecule has 2 rings (SSSR count). The maximum absolute atomic E-state index is 10.7. The van der Waals surface area contributed by atoms with Crippen molar-refractivity contribution in [1.29, 1.82) is 0 Å². The summed E-state index contributed by atoms with van der Waals surface area (Å²) in [6, 6.07) is 5.55. The van der Waals surface area contributed by atoms with E-state index in [9.17, 15) is 9.90 Å². The van der Waals surface area contributed by atoms with Crippen molar-refractivity contribution in [2.24, 2.45) is 5.73 Å². The largest absolute Gasteiger partial charge is 0.508 e. The highest BCUT2D eigenvalue weighted by Gasteiger charge is 2.20. The first-order chi connectivity index (χ1) is 7.66. The molecule has 0 radical (unpaired) electrons. The summed E-state index contributed by atoms with van der Waals surface area (Å²) in [6.45, 7) is 0.180. The average molecular weight is 220 g/mol. The third-order valence-electron chi connectivity index (χ3n) is 2.97. The van der Waals surface area contributed by atoms with Crippen LogP contribution in [0.15, 0.2) is 18.2 Å². The van der Waals surface area contributed by atoms with Crippen LogP contribution in [0.25, 0.3) is 0 Å². The van der Waals surface area contributed by atoms with E-state index in [2.05, 4.69) is 5.32 Å². The number of carbonyl (C=O) groups excluding carboxylic acids is 1. The van der Waals surface area contributed by atoms with Crippen LogP contribution in [0, 0.1) is 0 Å². The van der Waals surface area contributed by atoms with E-state index in [1.807, 2.05) is 6.07 Å². The molecule has 1 aliphatic carbocycles. The van der Waals surface area contributed by atoms with Crippen molar-refractivity contribution in [2.45, 2.75) is 25.3 Å². The van der Waals surface area contributed by atoms with E-state index in [4.69, 9.17) is 5.73 Å². The van der Waals surface area contributed by atoms with Crippen molar-refractivity contribution in [2.75, 3.05) is 6.54 Å². The predicted molar refractivity (Wildman–Crippen MR) is 61.0 cm³/mol. The highest BCUT2D eigenvalue weighted by molar-refractivity contribution is 5.75. The quantitative estimate of drug-likeness (QED) is 0.706. The lowest BCUT2D eigenvalue weighted by Crippen LogP contribution is -2.33. The first kappa shape index (κ1) is 11.0. The van der Waals surface area contributed by atoms with Gasteiger partial charge in [0.25, 0.3) is 0 Å². The molecule has 1 aromatic rings. The van der Waals surface area contributed by atoms with E-state index in [0.717, 1.165) is 24.8 Å². The Bertz CT molecular complexity index is 404. The second-order valence-corrected chi connectivity index (χ2v) is 4.18. The van der Waals surface area contributed by atoms with Crippen molar-refractivity contribution in [3.05, 3.63) is 29.3 Å².